The quantitative estimate of drug-likeness (QED) is 0.701. The Hall–Kier alpha value is -2.46. The number of methoxy groups -OCH3 is 1. The molecule has 0 saturated carbocycles. The molecule has 0 aromatic heterocycles. The van der Waals surface area contributed by atoms with Crippen LogP contribution in [0.2, 0.25) is 0 Å². The number of cyclic esters (lactones) is 1. The second-order valence-corrected chi connectivity index (χ2v) is 9.36. The Bertz CT molecular complexity index is 1050. The summed E-state index contributed by atoms with van der Waals surface area (Å²) in [7, 11) is -2.61. The Morgan fingerprint density at radius 2 is 1.73 bits per heavy atom. The third-order valence-corrected chi connectivity index (χ3v) is 7.35. The predicted octanol–water partition coefficient (Wildman–Crippen LogP) is 1.91. The smallest absolute Gasteiger partial charge is 0.344 e. The van der Waals surface area contributed by atoms with Crippen molar-refractivity contribution in [2.45, 2.75) is 48.1 Å². The van der Waals surface area contributed by atoms with Crippen LogP contribution in [0, 0.1) is 0 Å². The maximum absolute atomic E-state index is 13.0. The van der Waals surface area contributed by atoms with Crippen LogP contribution in [0.15, 0.2) is 47.4 Å². The average molecular weight is 434 g/mol. The van der Waals surface area contributed by atoms with Gasteiger partial charge < -0.3 is 24.4 Å². The van der Waals surface area contributed by atoms with Crippen molar-refractivity contribution in [3.8, 4) is 5.75 Å². The summed E-state index contributed by atoms with van der Waals surface area (Å²) in [4.78, 5) is 12.7. The van der Waals surface area contributed by atoms with Crippen molar-refractivity contribution in [1.29, 1.82) is 0 Å². The normalized spacial score (nSPS) is 28.7. The van der Waals surface area contributed by atoms with E-state index in [-0.39, 0.29) is 28.2 Å². The molecule has 2 aliphatic heterocycles. The van der Waals surface area contributed by atoms with Gasteiger partial charge in [-0.15, -0.1) is 0 Å². The van der Waals surface area contributed by atoms with E-state index in [0.29, 0.717) is 5.56 Å². The van der Waals surface area contributed by atoms with E-state index in [2.05, 4.69) is 0 Å². The van der Waals surface area contributed by atoms with Crippen LogP contribution in [0.1, 0.15) is 46.4 Å². The molecular formula is C21H22O8S. The summed E-state index contributed by atoms with van der Waals surface area (Å²) in [6.45, 7) is 1.64. The van der Waals surface area contributed by atoms with Gasteiger partial charge in [-0.3, -0.25) is 0 Å². The number of carbonyl (C=O) groups excluding carboxylic acids is 1. The van der Waals surface area contributed by atoms with Gasteiger partial charge in [0.05, 0.1) is 30.3 Å². The number of sulfone groups is 1. The van der Waals surface area contributed by atoms with E-state index in [1.165, 1.54) is 25.3 Å². The first-order valence-electron chi connectivity index (χ1n) is 9.48. The van der Waals surface area contributed by atoms with E-state index in [9.17, 15) is 23.4 Å². The molecule has 0 bridgehead atoms. The summed E-state index contributed by atoms with van der Waals surface area (Å²) in [5.41, 5.74) is -0.794. The number of hydrogen-bond acceptors (Lipinski definition) is 8. The molecule has 0 aliphatic carbocycles. The van der Waals surface area contributed by atoms with E-state index in [4.69, 9.17) is 14.2 Å². The number of carbonyl (C=O) groups is 1. The van der Waals surface area contributed by atoms with Crippen LogP contribution >= 0.6 is 0 Å². The molecule has 2 aliphatic rings. The van der Waals surface area contributed by atoms with Crippen LogP contribution in [-0.2, 0) is 19.3 Å². The van der Waals surface area contributed by atoms with Gasteiger partial charge >= 0.3 is 5.97 Å². The van der Waals surface area contributed by atoms with Gasteiger partial charge in [0.25, 0.3) is 0 Å². The number of ether oxygens (including phenoxy) is 3. The maximum Gasteiger partial charge on any atom is 0.344 e. The van der Waals surface area contributed by atoms with E-state index in [0.717, 1.165) is 0 Å². The minimum absolute atomic E-state index is 0.0244. The molecule has 2 N–H and O–H groups in total. The van der Waals surface area contributed by atoms with E-state index in [1.54, 1.807) is 31.2 Å². The zero-order valence-corrected chi connectivity index (χ0v) is 17.2. The molecule has 1 fully saturated rings. The largest absolute Gasteiger partial charge is 0.495 e. The summed E-state index contributed by atoms with van der Waals surface area (Å²) >= 11 is 0. The van der Waals surface area contributed by atoms with E-state index in [1.807, 2.05) is 0 Å². The molecule has 8 nitrogen and oxygen atoms in total. The molecule has 4 rings (SSSR count). The molecule has 9 heteroatoms. The Morgan fingerprint density at radius 1 is 1.07 bits per heavy atom. The highest BCUT2D eigenvalue weighted by Crippen LogP contribution is 2.46. The van der Waals surface area contributed by atoms with Crippen LogP contribution in [0.4, 0.5) is 0 Å². The van der Waals surface area contributed by atoms with Crippen molar-refractivity contribution in [3.63, 3.8) is 0 Å². The fourth-order valence-electron chi connectivity index (χ4n) is 3.95. The lowest BCUT2D eigenvalue weighted by Gasteiger charge is -2.36. The number of hydrogen-bond donors (Lipinski definition) is 2. The van der Waals surface area contributed by atoms with Gasteiger partial charge in [0, 0.05) is 17.5 Å². The molecule has 1 unspecified atom stereocenters. The lowest BCUT2D eigenvalue weighted by atomic mass is 9.92. The van der Waals surface area contributed by atoms with Crippen LogP contribution in [-0.4, -0.2) is 50.0 Å². The van der Waals surface area contributed by atoms with Crippen LogP contribution < -0.4 is 4.74 Å². The van der Waals surface area contributed by atoms with Gasteiger partial charge in [0.2, 0.25) is 15.3 Å². The van der Waals surface area contributed by atoms with Crippen molar-refractivity contribution in [3.05, 3.63) is 59.2 Å². The maximum atomic E-state index is 13.0. The highest BCUT2D eigenvalue weighted by molar-refractivity contribution is 7.91. The molecule has 2 aromatic rings. The van der Waals surface area contributed by atoms with Gasteiger partial charge in [-0.1, -0.05) is 30.3 Å². The van der Waals surface area contributed by atoms with Crippen molar-refractivity contribution in [2.24, 2.45) is 0 Å². The monoisotopic (exact) mass is 434 g/mol. The van der Waals surface area contributed by atoms with Crippen molar-refractivity contribution < 1.29 is 37.6 Å². The number of esters is 1. The lowest BCUT2D eigenvalue weighted by Crippen LogP contribution is -2.44. The first-order chi connectivity index (χ1) is 14.3. The molecule has 5 atom stereocenters. The third-order valence-electron chi connectivity index (χ3n) is 5.51. The second-order valence-electron chi connectivity index (χ2n) is 7.37. The molecule has 2 aromatic carbocycles. The first kappa shape index (κ1) is 20.8. The van der Waals surface area contributed by atoms with Gasteiger partial charge in [0.1, 0.15) is 17.4 Å². The zero-order chi connectivity index (χ0) is 21.6. The molecule has 2 heterocycles. The minimum Gasteiger partial charge on any atom is -0.495 e. The molecule has 30 heavy (non-hydrogen) atoms. The van der Waals surface area contributed by atoms with Crippen molar-refractivity contribution >= 4 is 15.8 Å². The highest BCUT2D eigenvalue weighted by atomic mass is 32.2. The van der Waals surface area contributed by atoms with Crippen LogP contribution in [0.25, 0.3) is 0 Å². The number of rotatable bonds is 4. The summed E-state index contributed by atoms with van der Waals surface area (Å²) in [5, 5.41) is 20.0. The Kier molecular flexibility index (Phi) is 5.31. The molecule has 1 saturated heterocycles. The van der Waals surface area contributed by atoms with Crippen LogP contribution in [0.3, 0.4) is 0 Å². The van der Waals surface area contributed by atoms with Crippen LogP contribution in [0.5, 0.6) is 5.75 Å². The lowest BCUT2D eigenvalue weighted by molar-refractivity contribution is -0.163. The van der Waals surface area contributed by atoms with Gasteiger partial charge in [0.15, 0.2) is 0 Å². The fraction of sp³-hybridized carbons (Fsp3) is 0.381. The third kappa shape index (κ3) is 3.27. The standard InChI is InChI=1S/C21H22O8S/c1-11-18(23)15(22)10-16(28-11)13-8-9-14-17(19(13)27-2)20(24)29-21(14)30(25,26)12-6-4-3-5-7-12/h3-9,11,15-16,18,21-23H,10H2,1-2H3/t11-,15-,16-,18-,21?/m1/s1. The summed E-state index contributed by atoms with van der Waals surface area (Å²) in [6, 6.07) is 10.9. The molecule has 0 spiro atoms. The molecular weight excluding hydrogens is 412 g/mol. The molecule has 160 valence electrons. The Morgan fingerprint density at radius 3 is 2.37 bits per heavy atom. The van der Waals surface area contributed by atoms with Gasteiger partial charge in [-0.2, -0.15) is 0 Å². The Balaban J connectivity index is 1.77. The zero-order valence-electron chi connectivity index (χ0n) is 16.4. The molecule has 0 radical (unpaired) electrons. The Labute approximate surface area is 173 Å². The number of aliphatic hydroxyl groups is 2. The highest BCUT2D eigenvalue weighted by Gasteiger charge is 2.45. The number of fused-ring (bicyclic) bond motifs is 1. The minimum atomic E-state index is -3.98. The summed E-state index contributed by atoms with van der Waals surface area (Å²) in [6.07, 6.45) is -3.20. The fourth-order valence-corrected chi connectivity index (χ4v) is 5.47. The van der Waals surface area contributed by atoms with Crippen molar-refractivity contribution in [2.75, 3.05) is 7.11 Å². The van der Waals surface area contributed by atoms with E-state index >= 15 is 0 Å². The summed E-state index contributed by atoms with van der Waals surface area (Å²) in [5.74, 6) is -0.665. The van der Waals surface area contributed by atoms with Crippen molar-refractivity contribution in [1.82, 2.24) is 0 Å². The van der Waals surface area contributed by atoms with Gasteiger partial charge in [-0.25, -0.2) is 13.2 Å². The topological polar surface area (TPSA) is 119 Å². The predicted molar refractivity (Wildman–Crippen MR) is 105 cm³/mol. The second kappa shape index (κ2) is 7.66. The SMILES string of the molecule is COc1c([C@H]2C[C@@H](O)[C@H](O)[C@@H](C)O2)ccc2c1C(=O)OC2S(=O)(=O)c1ccccc1. The number of aliphatic hydroxyl groups excluding tert-OH is 2. The molecule has 0 amide bonds. The average Bonchev–Trinajstić information content (AvgIpc) is 3.09. The van der Waals surface area contributed by atoms with Gasteiger partial charge in [-0.05, 0) is 19.1 Å². The first-order valence-corrected chi connectivity index (χ1v) is 11.0. The number of benzene rings is 2. The summed E-state index contributed by atoms with van der Waals surface area (Å²) < 4.78 is 42.6. The van der Waals surface area contributed by atoms with E-state index < -0.39 is 45.7 Å².